The Morgan fingerprint density at radius 2 is 1.90 bits per heavy atom. The molecule has 1 aliphatic rings. The summed E-state index contributed by atoms with van der Waals surface area (Å²) in [6.45, 7) is 7.46. The molecule has 1 fully saturated rings. The van der Waals surface area contributed by atoms with E-state index >= 15 is 0 Å². The molecule has 0 radical (unpaired) electrons. The molecule has 1 rings (SSSR count). The fourth-order valence-corrected chi connectivity index (χ4v) is 2.44. The van der Waals surface area contributed by atoms with E-state index in [0.29, 0.717) is 39.3 Å². The predicted molar refractivity (Wildman–Crippen MR) is 74.8 cm³/mol. The van der Waals surface area contributed by atoms with Crippen LogP contribution in [-0.4, -0.2) is 90.8 Å². The van der Waals surface area contributed by atoms with Crippen LogP contribution in [0, 0.1) is 0 Å². The molecule has 1 heterocycles. The van der Waals surface area contributed by atoms with Crippen LogP contribution in [0.1, 0.15) is 13.8 Å². The van der Waals surface area contributed by atoms with Crippen molar-refractivity contribution in [3.05, 3.63) is 0 Å². The highest BCUT2D eigenvalue weighted by Crippen LogP contribution is 2.09. The number of hydrogen-bond donors (Lipinski definition) is 1. The Kier molecular flexibility index (Phi) is 6.74. The van der Waals surface area contributed by atoms with Crippen molar-refractivity contribution in [2.75, 3.05) is 53.0 Å². The first kappa shape index (κ1) is 16.7. The summed E-state index contributed by atoms with van der Waals surface area (Å²) in [5.41, 5.74) is 0. The Bertz CT molecular complexity index is 330. The minimum Gasteiger partial charge on any atom is -0.480 e. The molecule has 0 aliphatic carbocycles. The molecule has 7 nitrogen and oxygen atoms in total. The van der Waals surface area contributed by atoms with Gasteiger partial charge in [-0.15, -0.1) is 0 Å². The molecule has 0 saturated carbocycles. The van der Waals surface area contributed by atoms with Crippen LogP contribution >= 0.6 is 0 Å². The van der Waals surface area contributed by atoms with Gasteiger partial charge in [-0.05, 0) is 13.8 Å². The fraction of sp³-hybridized carbons (Fsp3) is 0.846. The number of nitrogens with zero attached hydrogens (tertiary/aromatic N) is 3. The second-order valence-corrected chi connectivity index (χ2v) is 5.03. The van der Waals surface area contributed by atoms with Gasteiger partial charge in [0.2, 0.25) is 0 Å². The maximum absolute atomic E-state index is 12.4. The number of hydrogen-bond acceptors (Lipinski definition) is 4. The van der Waals surface area contributed by atoms with Crippen molar-refractivity contribution in [2.45, 2.75) is 19.9 Å². The Morgan fingerprint density at radius 1 is 1.30 bits per heavy atom. The molecule has 1 saturated heterocycles. The Labute approximate surface area is 120 Å². The van der Waals surface area contributed by atoms with E-state index in [1.54, 1.807) is 16.9 Å². The van der Waals surface area contributed by atoms with Crippen molar-refractivity contribution in [3.63, 3.8) is 0 Å². The number of carbonyl (C=O) groups is 2. The first-order chi connectivity index (χ1) is 9.49. The third kappa shape index (κ3) is 4.64. The van der Waals surface area contributed by atoms with Gasteiger partial charge in [0.15, 0.2) is 0 Å². The second kappa shape index (κ2) is 8.06. The monoisotopic (exact) mass is 287 g/mol. The van der Waals surface area contributed by atoms with Crippen LogP contribution in [0.25, 0.3) is 0 Å². The van der Waals surface area contributed by atoms with E-state index in [2.05, 4.69) is 0 Å². The minimum atomic E-state index is -0.825. The van der Waals surface area contributed by atoms with Gasteiger partial charge < -0.3 is 19.6 Å². The summed E-state index contributed by atoms with van der Waals surface area (Å²) in [5.74, 6) is -0.825. The summed E-state index contributed by atoms with van der Waals surface area (Å²) in [6.07, 6.45) is 0. The molecule has 0 bridgehead atoms. The van der Waals surface area contributed by atoms with Gasteiger partial charge in [0.25, 0.3) is 0 Å². The number of urea groups is 1. The minimum absolute atomic E-state index is 0.00650. The molecule has 2 amide bonds. The highest BCUT2D eigenvalue weighted by Gasteiger charge is 2.27. The van der Waals surface area contributed by atoms with E-state index in [1.807, 2.05) is 18.7 Å². The molecular weight excluding hydrogens is 262 g/mol. The second-order valence-electron chi connectivity index (χ2n) is 5.03. The van der Waals surface area contributed by atoms with Crippen LogP contribution in [0.2, 0.25) is 0 Å². The van der Waals surface area contributed by atoms with E-state index in [1.165, 1.54) is 0 Å². The molecule has 1 atom stereocenters. The molecule has 0 spiro atoms. The van der Waals surface area contributed by atoms with Crippen molar-refractivity contribution >= 4 is 12.0 Å². The van der Waals surface area contributed by atoms with Gasteiger partial charge in [-0.1, -0.05) is 0 Å². The van der Waals surface area contributed by atoms with E-state index < -0.39 is 5.97 Å². The summed E-state index contributed by atoms with van der Waals surface area (Å²) in [6, 6.07) is 0.0431. The lowest BCUT2D eigenvalue weighted by Gasteiger charge is -2.38. The van der Waals surface area contributed by atoms with Gasteiger partial charge in [0, 0.05) is 39.8 Å². The van der Waals surface area contributed by atoms with E-state index in [4.69, 9.17) is 9.84 Å². The van der Waals surface area contributed by atoms with Crippen LogP contribution in [0.5, 0.6) is 0 Å². The summed E-state index contributed by atoms with van der Waals surface area (Å²) >= 11 is 0. The zero-order valence-corrected chi connectivity index (χ0v) is 12.5. The van der Waals surface area contributed by atoms with Crippen molar-refractivity contribution in [1.29, 1.82) is 0 Å². The lowest BCUT2D eigenvalue weighted by atomic mass is 10.3. The fourth-order valence-electron chi connectivity index (χ4n) is 2.44. The number of rotatable bonds is 6. The molecule has 0 aromatic rings. The number of carboxylic acid groups (broad SMARTS) is 1. The van der Waals surface area contributed by atoms with Gasteiger partial charge in [-0.3, -0.25) is 9.69 Å². The molecule has 1 unspecified atom stereocenters. The van der Waals surface area contributed by atoms with Crippen LogP contribution in [0.15, 0.2) is 0 Å². The van der Waals surface area contributed by atoms with Crippen LogP contribution < -0.4 is 0 Å². The van der Waals surface area contributed by atoms with E-state index in [0.717, 1.165) is 0 Å². The van der Waals surface area contributed by atoms with Crippen molar-refractivity contribution in [1.82, 2.24) is 14.7 Å². The Balaban J connectivity index is 2.50. The molecule has 7 heteroatoms. The van der Waals surface area contributed by atoms with Gasteiger partial charge >= 0.3 is 12.0 Å². The number of ether oxygens (including phenoxy) is 1. The number of piperazine rings is 1. The normalized spacial score (nSPS) is 17.9. The molecule has 1 aliphatic heterocycles. The van der Waals surface area contributed by atoms with E-state index in [9.17, 15) is 9.59 Å². The maximum Gasteiger partial charge on any atom is 0.320 e. The van der Waals surface area contributed by atoms with Gasteiger partial charge in [0.1, 0.15) is 0 Å². The third-order valence-electron chi connectivity index (χ3n) is 3.53. The third-order valence-corrected chi connectivity index (χ3v) is 3.53. The predicted octanol–water partition coefficient (Wildman–Crippen LogP) is 0.165. The Morgan fingerprint density at radius 3 is 2.35 bits per heavy atom. The van der Waals surface area contributed by atoms with Crippen molar-refractivity contribution in [2.24, 2.45) is 0 Å². The number of carbonyl (C=O) groups excluding carboxylic acids is 1. The summed E-state index contributed by atoms with van der Waals surface area (Å²) in [5, 5.41) is 8.75. The average molecular weight is 287 g/mol. The SMILES string of the molecule is CCN(C(=O)N1CCN(CC(=O)O)CC1)C(C)COC. The molecular formula is C13H25N3O4. The first-order valence-electron chi connectivity index (χ1n) is 6.98. The molecule has 0 aromatic carbocycles. The summed E-state index contributed by atoms with van der Waals surface area (Å²) < 4.78 is 5.10. The van der Waals surface area contributed by atoms with Crippen LogP contribution in [0.4, 0.5) is 4.79 Å². The maximum atomic E-state index is 12.4. The topological polar surface area (TPSA) is 73.3 Å². The van der Waals surface area contributed by atoms with Crippen LogP contribution in [-0.2, 0) is 9.53 Å². The number of amides is 2. The number of carboxylic acids is 1. The number of aliphatic carboxylic acids is 1. The van der Waals surface area contributed by atoms with Crippen molar-refractivity contribution < 1.29 is 19.4 Å². The lowest BCUT2D eigenvalue weighted by molar-refractivity contribution is -0.138. The first-order valence-corrected chi connectivity index (χ1v) is 6.98. The highest BCUT2D eigenvalue weighted by molar-refractivity contribution is 5.75. The van der Waals surface area contributed by atoms with Gasteiger partial charge in [-0.2, -0.15) is 0 Å². The lowest BCUT2D eigenvalue weighted by Crippen LogP contribution is -2.55. The standard InChI is InChI=1S/C13H25N3O4/c1-4-16(11(2)10-20-3)13(19)15-7-5-14(6-8-15)9-12(17)18/h11H,4-10H2,1-3H3,(H,17,18). The molecule has 0 aromatic heterocycles. The smallest absolute Gasteiger partial charge is 0.320 e. The van der Waals surface area contributed by atoms with Crippen LogP contribution in [0.3, 0.4) is 0 Å². The molecule has 1 N–H and O–H groups in total. The zero-order chi connectivity index (χ0) is 15.1. The quantitative estimate of drug-likeness (QED) is 0.753. The average Bonchev–Trinajstić information content (AvgIpc) is 2.40. The largest absolute Gasteiger partial charge is 0.480 e. The number of likely N-dealkylation sites (N-methyl/N-ethyl adjacent to an activating group) is 1. The summed E-state index contributed by atoms with van der Waals surface area (Å²) in [4.78, 5) is 28.5. The zero-order valence-electron chi connectivity index (χ0n) is 12.5. The number of methoxy groups -OCH3 is 1. The molecule has 20 heavy (non-hydrogen) atoms. The molecule has 116 valence electrons. The summed E-state index contributed by atoms with van der Waals surface area (Å²) in [7, 11) is 1.62. The van der Waals surface area contributed by atoms with E-state index in [-0.39, 0.29) is 18.6 Å². The highest BCUT2D eigenvalue weighted by atomic mass is 16.5. The van der Waals surface area contributed by atoms with Gasteiger partial charge in [0.05, 0.1) is 19.2 Å². The Hall–Kier alpha value is -1.34. The van der Waals surface area contributed by atoms with Gasteiger partial charge in [-0.25, -0.2) is 4.79 Å². The van der Waals surface area contributed by atoms with Crippen molar-refractivity contribution in [3.8, 4) is 0 Å².